The second kappa shape index (κ2) is 6.53. The van der Waals surface area contributed by atoms with Crippen molar-refractivity contribution < 1.29 is 9.90 Å². The minimum Gasteiger partial charge on any atom is -0.480 e. The molecule has 0 heterocycles. The smallest absolute Gasteiger partial charge is 0.323 e. The summed E-state index contributed by atoms with van der Waals surface area (Å²) in [5, 5.41) is 12.0. The first-order valence-electron chi connectivity index (χ1n) is 7.00. The molecule has 0 spiro atoms. The third-order valence-corrected chi connectivity index (χ3v) is 4.31. The molecule has 0 saturated heterocycles. The van der Waals surface area contributed by atoms with Gasteiger partial charge in [0.05, 0.1) is 0 Å². The fraction of sp³-hybridized carbons (Fsp3) is 0.929. The lowest BCUT2D eigenvalue weighted by Crippen LogP contribution is -2.47. The van der Waals surface area contributed by atoms with Gasteiger partial charge >= 0.3 is 5.97 Å². The molecule has 4 heteroatoms. The number of nitrogens with one attached hydrogen (secondary N) is 1. The van der Waals surface area contributed by atoms with Gasteiger partial charge in [0.15, 0.2) is 0 Å². The van der Waals surface area contributed by atoms with E-state index in [9.17, 15) is 4.79 Å². The number of unbranched alkanes of at least 4 members (excludes halogenated alkanes) is 1. The minimum absolute atomic E-state index is 0.687. The van der Waals surface area contributed by atoms with Crippen molar-refractivity contribution in [3.63, 3.8) is 0 Å². The summed E-state index contributed by atoms with van der Waals surface area (Å²) in [6, 6.07) is 0. The second-order valence-corrected chi connectivity index (χ2v) is 6.08. The van der Waals surface area contributed by atoms with Crippen LogP contribution < -0.4 is 5.32 Å². The zero-order valence-electron chi connectivity index (χ0n) is 12.2. The fourth-order valence-corrected chi connectivity index (χ4v) is 2.34. The maximum atomic E-state index is 11.1. The fourth-order valence-electron chi connectivity index (χ4n) is 2.34. The monoisotopic (exact) mass is 256 g/mol. The molecule has 1 aliphatic rings. The van der Waals surface area contributed by atoms with E-state index >= 15 is 0 Å². The molecule has 2 N–H and O–H groups in total. The van der Waals surface area contributed by atoms with Crippen LogP contribution in [0.15, 0.2) is 0 Å². The van der Waals surface area contributed by atoms with Crippen molar-refractivity contribution in [2.75, 3.05) is 27.2 Å². The van der Waals surface area contributed by atoms with Gasteiger partial charge in [-0.25, -0.2) is 0 Å². The molecule has 3 unspecified atom stereocenters. The van der Waals surface area contributed by atoms with Crippen LogP contribution in [0.25, 0.3) is 0 Å². The van der Waals surface area contributed by atoms with Crippen molar-refractivity contribution >= 4 is 5.97 Å². The van der Waals surface area contributed by atoms with E-state index in [1.165, 1.54) is 13.0 Å². The van der Waals surface area contributed by atoms with Gasteiger partial charge in [0.2, 0.25) is 0 Å². The van der Waals surface area contributed by atoms with Crippen molar-refractivity contribution in [2.24, 2.45) is 11.8 Å². The lowest BCUT2D eigenvalue weighted by Gasteiger charge is -2.24. The van der Waals surface area contributed by atoms with Gasteiger partial charge in [-0.05, 0) is 65.1 Å². The first-order chi connectivity index (χ1) is 8.39. The van der Waals surface area contributed by atoms with E-state index in [-0.39, 0.29) is 0 Å². The average molecular weight is 256 g/mol. The minimum atomic E-state index is -0.774. The van der Waals surface area contributed by atoms with Gasteiger partial charge < -0.3 is 15.3 Å². The lowest BCUT2D eigenvalue weighted by atomic mass is 9.95. The Hall–Kier alpha value is -0.610. The van der Waals surface area contributed by atoms with Crippen molar-refractivity contribution in [2.45, 2.75) is 45.1 Å². The predicted molar refractivity (Wildman–Crippen MR) is 73.7 cm³/mol. The van der Waals surface area contributed by atoms with E-state index in [0.717, 1.165) is 31.2 Å². The summed E-state index contributed by atoms with van der Waals surface area (Å²) in [6.07, 6.45) is 4.09. The van der Waals surface area contributed by atoms with Crippen molar-refractivity contribution in [1.82, 2.24) is 10.2 Å². The van der Waals surface area contributed by atoms with Gasteiger partial charge in [-0.3, -0.25) is 4.79 Å². The molecule has 0 aromatic heterocycles. The second-order valence-electron chi connectivity index (χ2n) is 6.08. The summed E-state index contributed by atoms with van der Waals surface area (Å²) in [7, 11) is 3.88. The molecule has 0 aromatic carbocycles. The number of rotatable bonds is 9. The van der Waals surface area contributed by atoms with E-state index in [4.69, 9.17) is 5.11 Å². The normalized spacial score (nSPS) is 26.1. The Balaban J connectivity index is 2.11. The number of hydrogen-bond donors (Lipinski definition) is 2. The molecule has 1 aliphatic carbocycles. The highest BCUT2D eigenvalue weighted by atomic mass is 16.4. The number of nitrogens with zero attached hydrogens (tertiary/aromatic N) is 1. The van der Waals surface area contributed by atoms with Crippen LogP contribution in [0.3, 0.4) is 0 Å². The highest BCUT2D eigenvalue weighted by Crippen LogP contribution is 2.37. The van der Waals surface area contributed by atoms with E-state index in [2.05, 4.69) is 24.2 Å². The molecule has 106 valence electrons. The maximum absolute atomic E-state index is 11.1. The molecule has 3 atom stereocenters. The summed E-state index contributed by atoms with van der Waals surface area (Å²) >= 11 is 0. The summed E-state index contributed by atoms with van der Waals surface area (Å²) < 4.78 is 0. The van der Waals surface area contributed by atoms with Crippen LogP contribution in [0.5, 0.6) is 0 Å². The van der Waals surface area contributed by atoms with Crippen molar-refractivity contribution in [3.8, 4) is 0 Å². The Labute approximate surface area is 111 Å². The molecule has 0 radical (unpaired) electrons. The van der Waals surface area contributed by atoms with Gasteiger partial charge in [-0.1, -0.05) is 6.92 Å². The number of likely N-dealkylation sites (N-methyl/N-ethyl adjacent to an activating group) is 1. The lowest BCUT2D eigenvalue weighted by molar-refractivity contribution is -0.144. The van der Waals surface area contributed by atoms with Crippen LogP contribution in [0.2, 0.25) is 0 Å². The van der Waals surface area contributed by atoms with E-state index in [1.807, 2.05) is 0 Å². The Morgan fingerprint density at radius 2 is 2.11 bits per heavy atom. The number of aliphatic carboxylic acids is 1. The molecule has 0 amide bonds. The Bertz CT molecular complexity index is 283. The van der Waals surface area contributed by atoms with Crippen LogP contribution in [-0.2, 0) is 4.79 Å². The molecule has 1 saturated carbocycles. The van der Waals surface area contributed by atoms with Gasteiger partial charge in [-0.2, -0.15) is 0 Å². The highest BCUT2D eigenvalue weighted by Gasteiger charge is 2.33. The average Bonchev–Trinajstić information content (AvgIpc) is 2.99. The molecule has 0 aromatic rings. The summed E-state index contributed by atoms with van der Waals surface area (Å²) in [6.45, 7) is 6.33. The molecular formula is C14H28N2O2. The largest absolute Gasteiger partial charge is 0.480 e. The molecule has 4 nitrogen and oxygen atoms in total. The molecule has 1 rings (SSSR count). The maximum Gasteiger partial charge on any atom is 0.323 e. The Kier molecular flexibility index (Phi) is 5.60. The highest BCUT2D eigenvalue weighted by molar-refractivity contribution is 5.78. The molecule has 0 aliphatic heterocycles. The van der Waals surface area contributed by atoms with Crippen LogP contribution in [-0.4, -0.2) is 48.7 Å². The van der Waals surface area contributed by atoms with Crippen LogP contribution in [0, 0.1) is 11.8 Å². The van der Waals surface area contributed by atoms with Crippen LogP contribution in [0.1, 0.15) is 39.5 Å². The van der Waals surface area contributed by atoms with Crippen LogP contribution >= 0.6 is 0 Å². The van der Waals surface area contributed by atoms with Crippen LogP contribution in [0.4, 0.5) is 0 Å². The third kappa shape index (κ3) is 4.58. The summed E-state index contributed by atoms with van der Waals surface area (Å²) in [5.41, 5.74) is -0.774. The number of carbonyl (C=O) groups is 1. The molecule has 1 fully saturated rings. The zero-order chi connectivity index (χ0) is 13.8. The first kappa shape index (κ1) is 15.4. The summed E-state index contributed by atoms with van der Waals surface area (Å²) in [4.78, 5) is 13.5. The third-order valence-electron chi connectivity index (χ3n) is 4.31. The quantitative estimate of drug-likeness (QED) is 0.618. The number of carboxylic acid groups (broad SMARTS) is 1. The van der Waals surface area contributed by atoms with Gasteiger partial charge in [0.25, 0.3) is 0 Å². The summed E-state index contributed by atoms with van der Waals surface area (Å²) in [5.74, 6) is 1.05. The van der Waals surface area contributed by atoms with Gasteiger partial charge in [0.1, 0.15) is 5.54 Å². The van der Waals surface area contributed by atoms with Gasteiger partial charge in [-0.15, -0.1) is 0 Å². The molecular weight excluding hydrogens is 228 g/mol. The Morgan fingerprint density at radius 3 is 2.56 bits per heavy atom. The number of carboxylic acids is 1. The topological polar surface area (TPSA) is 52.6 Å². The molecule has 0 bridgehead atoms. The van der Waals surface area contributed by atoms with E-state index in [0.29, 0.717) is 6.42 Å². The predicted octanol–water partition coefficient (Wildman–Crippen LogP) is 1.81. The van der Waals surface area contributed by atoms with E-state index in [1.54, 1.807) is 14.0 Å². The standard InChI is InChI=1S/C14H28N2O2/c1-11-9-12(11)10-16(4)8-6-5-7-14(2,15-3)13(17)18/h11-12,15H,5-10H2,1-4H3,(H,17,18). The Morgan fingerprint density at radius 1 is 1.50 bits per heavy atom. The van der Waals surface area contributed by atoms with Gasteiger partial charge in [0, 0.05) is 6.54 Å². The first-order valence-corrected chi connectivity index (χ1v) is 7.00. The van der Waals surface area contributed by atoms with Crippen molar-refractivity contribution in [1.29, 1.82) is 0 Å². The SMILES string of the molecule is CNC(C)(CCCCN(C)CC1CC1C)C(=O)O. The number of hydrogen-bond acceptors (Lipinski definition) is 3. The van der Waals surface area contributed by atoms with E-state index < -0.39 is 11.5 Å². The zero-order valence-corrected chi connectivity index (χ0v) is 12.2. The molecule has 18 heavy (non-hydrogen) atoms. The van der Waals surface area contributed by atoms with Crippen molar-refractivity contribution in [3.05, 3.63) is 0 Å².